The predicted molar refractivity (Wildman–Crippen MR) is 111 cm³/mol. The smallest absolute Gasteiger partial charge is 0.129 e. The van der Waals surface area contributed by atoms with Gasteiger partial charge in [-0.15, -0.1) is 11.1 Å². The molecular formula is C20H31NOSi2. The monoisotopic (exact) mass is 357 g/mol. The minimum absolute atomic E-state index is 0.381. The molecule has 1 aromatic carbocycles. The first-order valence-electron chi connectivity index (χ1n) is 8.38. The van der Waals surface area contributed by atoms with Gasteiger partial charge >= 0.3 is 0 Å². The molecule has 0 saturated carbocycles. The summed E-state index contributed by atoms with van der Waals surface area (Å²) in [6, 6.07) is 5.91. The van der Waals surface area contributed by atoms with Crippen molar-refractivity contribution in [1.29, 1.82) is 0 Å². The van der Waals surface area contributed by atoms with E-state index in [0.717, 1.165) is 16.8 Å². The Morgan fingerprint density at radius 2 is 1.17 bits per heavy atom. The molecule has 1 aromatic rings. The summed E-state index contributed by atoms with van der Waals surface area (Å²) in [6.45, 7) is 19.3. The largest absolute Gasteiger partial charge is 0.288 e. The molecule has 0 spiro atoms. The van der Waals surface area contributed by atoms with E-state index in [1.807, 2.05) is 39.0 Å². The summed E-state index contributed by atoms with van der Waals surface area (Å²) in [5, 5.41) is 11.8. The van der Waals surface area contributed by atoms with Crippen LogP contribution in [0, 0.1) is 22.9 Å². The van der Waals surface area contributed by atoms with Gasteiger partial charge in [-0.1, -0.05) is 51.1 Å². The molecule has 130 valence electrons. The van der Waals surface area contributed by atoms with Gasteiger partial charge in [-0.25, -0.2) is 0 Å². The molecule has 0 saturated heterocycles. The lowest BCUT2D eigenvalue weighted by Crippen LogP contribution is -2.38. The Kier molecular flexibility index (Phi) is 6.17. The van der Waals surface area contributed by atoms with E-state index in [0.29, 0.717) is 0 Å². The van der Waals surface area contributed by atoms with Gasteiger partial charge in [-0.3, -0.25) is 10.3 Å². The van der Waals surface area contributed by atoms with Gasteiger partial charge in [0.25, 0.3) is 0 Å². The summed E-state index contributed by atoms with van der Waals surface area (Å²) >= 11 is 0. The van der Waals surface area contributed by atoms with E-state index in [1.165, 1.54) is 5.06 Å². The minimum Gasteiger partial charge on any atom is -0.288 e. The first-order chi connectivity index (χ1) is 10.7. The van der Waals surface area contributed by atoms with E-state index in [4.69, 9.17) is 0 Å². The van der Waals surface area contributed by atoms with Crippen LogP contribution in [0.2, 0.25) is 39.3 Å². The number of hydroxylamine groups is 1. The van der Waals surface area contributed by atoms with Gasteiger partial charge in [0.1, 0.15) is 16.1 Å². The first-order valence-corrected chi connectivity index (χ1v) is 15.4. The van der Waals surface area contributed by atoms with Crippen molar-refractivity contribution in [3.63, 3.8) is 0 Å². The third-order valence-corrected chi connectivity index (χ3v) is 4.71. The molecule has 24 heavy (non-hydrogen) atoms. The Hall–Kier alpha value is -1.47. The number of anilines is 1. The zero-order chi connectivity index (χ0) is 18.8. The molecule has 4 heteroatoms. The summed E-state index contributed by atoms with van der Waals surface area (Å²) in [4.78, 5) is 0. The SMILES string of the molecule is CC(C)(C)N(O)c1cc(C#C[Si](C)(C)C)cc(C#C[Si](C)(C)C)c1. The molecule has 0 atom stereocenters. The molecule has 0 aromatic heterocycles. The molecule has 0 radical (unpaired) electrons. The summed E-state index contributed by atoms with van der Waals surface area (Å²) < 4.78 is 0. The van der Waals surface area contributed by atoms with Gasteiger partial charge in [0, 0.05) is 11.1 Å². The number of hydrogen-bond acceptors (Lipinski definition) is 2. The Morgan fingerprint density at radius 3 is 1.46 bits per heavy atom. The van der Waals surface area contributed by atoms with Crippen LogP contribution < -0.4 is 5.06 Å². The molecule has 0 aliphatic rings. The van der Waals surface area contributed by atoms with Gasteiger partial charge in [0.15, 0.2) is 0 Å². The highest BCUT2D eigenvalue weighted by molar-refractivity contribution is 6.84. The van der Waals surface area contributed by atoms with Gasteiger partial charge in [-0.2, -0.15) is 0 Å². The number of rotatable bonds is 1. The summed E-state index contributed by atoms with van der Waals surface area (Å²) in [7, 11) is -2.91. The summed E-state index contributed by atoms with van der Waals surface area (Å²) in [6.07, 6.45) is 0. The third-order valence-electron chi connectivity index (χ3n) is 2.96. The third kappa shape index (κ3) is 7.40. The fourth-order valence-electron chi connectivity index (χ4n) is 1.78. The maximum absolute atomic E-state index is 10.5. The predicted octanol–water partition coefficient (Wildman–Crippen LogP) is 5.14. The van der Waals surface area contributed by atoms with Crippen LogP contribution in [0.5, 0.6) is 0 Å². The standard InChI is InChI=1S/C20H31NOSi2/c1-20(2,3)21(22)19-15-17(10-12-23(4,5)6)14-18(16-19)11-13-24(7,8)9/h14-16,22H,1-9H3. The number of hydrogen-bond donors (Lipinski definition) is 1. The van der Waals surface area contributed by atoms with Gasteiger partial charge in [0.2, 0.25) is 0 Å². The van der Waals surface area contributed by atoms with Crippen LogP contribution in [0.15, 0.2) is 18.2 Å². The van der Waals surface area contributed by atoms with Crippen molar-refractivity contribution >= 4 is 21.8 Å². The van der Waals surface area contributed by atoms with Crippen molar-refractivity contribution in [3.8, 4) is 22.9 Å². The number of benzene rings is 1. The van der Waals surface area contributed by atoms with Crippen molar-refractivity contribution in [2.45, 2.75) is 65.6 Å². The van der Waals surface area contributed by atoms with Crippen LogP contribution in [-0.2, 0) is 0 Å². The van der Waals surface area contributed by atoms with E-state index in [2.05, 4.69) is 62.2 Å². The van der Waals surface area contributed by atoms with Crippen molar-refractivity contribution in [1.82, 2.24) is 0 Å². The summed E-state index contributed by atoms with van der Waals surface area (Å²) in [5.41, 5.74) is 8.97. The highest BCUT2D eigenvalue weighted by atomic mass is 28.3. The molecule has 0 aliphatic heterocycles. The Morgan fingerprint density at radius 1 is 0.792 bits per heavy atom. The van der Waals surface area contributed by atoms with Gasteiger partial charge in [0.05, 0.1) is 11.2 Å². The Balaban J connectivity index is 3.43. The van der Waals surface area contributed by atoms with Crippen LogP contribution in [-0.4, -0.2) is 26.9 Å². The van der Waals surface area contributed by atoms with Crippen LogP contribution in [0.25, 0.3) is 0 Å². The van der Waals surface area contributed by atoms with Gasteiger partial charge in [-0.05, 0) is 39.0 Å². The number of nitrogens with zero attached hydrogens (tertiary/aromatic N) is 1. The molecule has 0 amide bonds. The van der Waals surface area contributed by atoms with E-state index < -0.39 is 16.1 Å². The molecule has 2 nitrogen and oxygen atoms in total. The first kappa shape index (κ1) is 20.6. The second kappa shape index (κ2) is 7.19. The Bertz CT molecular complexity index is 661. The van der Waals surface area contributed by atoms with E-state index >= 15 is 0 Å². The highest BCUT2D eigenvalue weighted by Crippen LogP contribution is 2.24. The minimum atomic E-state index is -1.45. The quantitative estimate of drug-likeness (QED) is 0.427. The van der Waals surface area contributed by atoms with E-state index in [9.17, 15) is 5.21 Å². The van der Waals surface area contributed by atoms with Crippen molar-refractivity contribution < 1.29 is 5.21 Å². The van der Waals surface area contributed by atoms with E-state index in [1.54, 1.807) is 0 Å². The molecule has 0 aliphatic carbocycles. The molecular weight excluding hydrogens is 326 g/mol. The maximum Gasteiger partial charge on any atom is 0.129 e. The molecule has 0 unspecified atom stereocenters. The van der Waals surface area contributed by atoms with Crippen molar-refractivity contribution in [3.05, 3.63) is 29.3 Å². The zero-order valence-electron chi connectivity index (χ0n) is 16.6. The van der Waals surface area contributed by atoms with Crippen molar-refractivity contribution in [2.75, 3.05) is 5.06 Å². The fourth-order valence-corrected chi connectivity index (χ4v) is 2.82. The Labute approximate surface area is 150 Å². The summed E-state index contributed by atoms with van der Waals surface area (Å²) in [5.74, 6) is 6.57. The zero-order valence-corrected chi connectivity index (χ0v) is 18.6. The second-order valence-corrected chi connectivity index (χ2v) is 18.8. The highest BCUT2D eigenvalue weighted by Gasteiger charge is 2.20. The average Bonchev–Trinajstić information content (AvgIpc) is 2.39. The average molecular weight is 358 g/mol. The second-order valence-electron chi connectivity index (χ2n) is 9.25. The van der Waals surface area contributed by atoms with Crippen LogP contribution >= 0.6 is 0 Å². The lowest BCUT2D eigenvalue weighted by Gasteiger charge is -2.31. The normalized spacial score (nSPS) is 11.9. The molecule has 1 N–H and O–H groups in total. The topological polar surface area (TPSA) is 23.5 Å². The van der Waals surface area contributed by atoms with Crippen LogP contribution in [0.1, 0.15) is 31.9 Å². The lowest BCUT2D eigenvalue weighted by atomic mass is 10.1. The van der Waals surface area contributed by atoms with E-state index in [-0.39, 0.29) is 5.54 Å². The molecule has 0 heterocycles. The molecule has 0 bridgehead atoms. The molecule has 0 fully saturated rings. The fraction of sp³-hybridized carbons (Fsp3) is 0.500. The lowest BCUT2D eigenvalue weighted by molar-refractivity contribution is 0.181. The van der Waals surface area contributed by atoms with Gasteiger partial charge < -0.3 is 0 Å². The molecule has 1 rings (SSSR count). The van der Waals surface area contributed by atoms with Crippen LogP contribution in [0.3, 0.4) is 0 Å². The maximum atomic E-state index is 10.5. The van der Waals surface area contributed by atoms with Crippen LogP contribution in [0.4, 0.5) is 5.69 Å². The van der Waals surface area contributed by atoms with Crippen molar-refractivity contribution in [2.24, 2.45) is 0 Å².